The number of halogens is 3. The van der Waals surface area contributed by atoms with Crippen LogP contribution in [0.4, 0.5) is 15.8 Å². The molecule has 7 nitrogen and oxygen atoms in total. The molecule has 0 bridgehead atoms. The van der Waals surface area contributed by atoms with E-state index in [-0.39, 0.29) is 33.2 Å². The standard InChI is InChI=1S/C20H15Cl2FN2O5S/c1-10(2)29-18-9-15(12(21)8-13(18)22)24-20(26)19-17(5-6-31-19)30-16-4-3-11(25(27)28)7-14(16)23/h3-10H,1-2H3,(H,24,26). The molecule has 0 aliphatic carbocycles. The lowest BCUT2D eigenvalue weighted by atomic mass is 10.2. The highest BCUT2D eigenvalue weighted by molar-refractivity contribution is 7.12. The van der Waals surface area contributed by atoms with Crippen LogP contribution in [0.25, 0.3) is 0 Å². The van der Waals surface area contributed by atoms with Crippen molar-refractivity contribution in [2.24, 2.45) is 0 Å². The molecule has 1 aromatic heterocycles. The molecule has 0 atom stereocenters. The van der Waals surface area contributed by atoms with Gasteiger partial charge in [-0.05, 0) is 37.4 Å². The topological polar surface area (TPSA) is 90.7 Å². The first kappa shape index (κ1) is 22.8. The lowest BCUT2D eigenvalue weighted by Crippen LogP contribution is -2.12. The fourth-order valence-corrected chi connectivity index (χ4v) is 3.68. The molecule has 1 heterocycles. The molecule has 1 amide bonds. The SMILES string of the molecule is CC(C)Oc1cc(NC(=O)c2sccc2Oc2ccc([N+](=O)[O-])cc2F)c(Cl)cc1Cl. The third-order valence-corrected chi connectivity index (χ3v) is 5.32. The van der Waals surface area contributed by atoms with Gasteiger partial charge in [-0.15, -0.1) is 11.3 Å². The predicted octanol–water partition coefficient (Wildman–Crippen LogP) is 6.93. The highest BCUT2D eigenvalue weighted by Gasteiger charge is 2.20. The summed E-state index contributed by atoms with van der Waals surface area (Å²) >= 11 is 13.4. The zero-order valence-corrected chi connectivity index (χ0v) is 18.5. The van der Waals surface area contributed by atoms with Gasteiger partial charge in [-0.1, -0.05) is 23.2 Å². The highest BCUT2D eigenvalue weighted by Crippen LogP contribution is 2.37. The number of nitro groups is 1. The van der Waals surface area contributed by atoms with Crippen molar-refractivity contribution in [1.29, 1.82) is 0 Å². The zero-order valence-electron chi connectivity index (χ0n) is 16.1. The molecule has 2 aromatic carbocycles. The Hall–Kier alpha value is -2.88. The Morgan fingerprint density at radius 2 is 1.87 bits per heavy atom. The van der Waals surface area contributed by atoms with E-state index in [1.54, 1.807) is 5.38 Å². The summed E-state index contributed by atoms with van der Waals surface area (Å²) in [6.07, 6.45) is -0.142. The number of rotatable bonds is 7. The maximum absolute atomic E-state index is 14.2. The van der Waals surface area contributed by atoms with Crippen molar-refractivity contribution in [2.45, 2.75) is 20.0 Å². The minimum atomic E-state index is -0.928. The second-order valence-electron chi connectivity index (χ2n) is 6.47. The van der Waals surface area contributed by atoms with Crippen molar-refractivity contribution in [1.82, 2.24) is 0 Å². The molecule has 11 heteroatoms. The molecule has 0 aliphatic rings. The van der Waals surface area contributed by atoms with Gasteiger partial charge in [0.2, 0.25) is 0 Å². The molecule has 1 N–H and O–H groups in total. The van der Waals surface area contributed by atoms with Crippen molar-refractivity contribution >= 4 is 51.8 Å². The summed E-state index contributed by atoms with van der Waals surface area (Å²) in [6, 6.07) is 7.41. The van der Waals surface area contributed by atoms with E-state index in [9.17, 15) is 19.3 Å². The molecule has 0 unspecified atom stereocenters. The highest BCUT2D eigenvalue weighted by atomic mass is 35.5. The number of nitrogens with one attached hydrogen (secondary N) is 1. The summed E-state index contributed by atoms with van der Waals surface area (Å²) in [5.41, 5.74) is -0.141. The Morgan fingerprint density at radius 1 is 1.13 bits per heavy atom. The van der Waals surface area contributed by atoms with E-state index in [1.165, 1.54) is 18.2 Å². The minimum absolute atomic E-state index is 0.0824. The largest absolute Gasteiger partial charge is 0.489 e. The van der Waals surface area contributed by atoms with E-state index in [0.717, 1.165) is 29.5 Å². The Labute approximate surface area is 190 Å². The van der Waals surface area contributed by atoms with Crippen molar-refractivity contribution < 1.29 is 23.6 Å². The molecule has 0 saturated heterocycles. The van der Waals surface area contributed by atoms with Crippen LogP contribution in [0, 0.1) is 15.9 Å². The number of thiophene rings is 1. The number of nitrogens with zero attached hydrogens (tertiary/aromatic N) is 1. The number of carbonyl (C=O) groups is 1. The summed E-state index contributed by atoms with van der Waals surface area (Å²) < 4.78 is 25.2. The number of carbonyl (C=O) groups excluding carboxylic acids is 1. The van der Waals surface area contributed by atoms with E-state index >= 15 is 0 Å². The Bertz CT molecular complexity index is 1150. The smallest absolute Gasteiger partial charge is 0.272 e. The number of benzene rings is 2. The number of amides is 1. The van der Waals surface area contributed by atoms with Gasteiger partial charge in [0.05, 0.1) is 32.8 Å². The van der Waals surface area contributed by atoms with Gasteiger partial charge >= 0.3 is 0 Å². The van der Waals surface area contributed by atoms with Crippen molar-refractivity contribution in [2.75, 3.05) is 5.32 Å². The van der Waals surface area contributed by atoms with Gasteiger partial charge in [-0.2, -0.15) is 0 Å². The molecule has 0 radical (unpaired) electrons. The van der Waals surface area contributed by atoms with Gasteiger partial charge in [-0.3, -0.25) is 14.9 Å². The lowest BCUT2D eigenvalue weighted by Gasteiger charge is -2.15. The Balaban J connectivity index is 1.83. The maximum Gasteiger partial charge on any atom is 0.272 e. The monoisotopic (exact) mass is 484 g/mol. The van der Waals surface area contributed by atoms with Crippen LogP contribution in [0.3, 0.4) is 0 Å². The quantitative estimate of drug-likeness (QED) is 0.289. The molecule has 31 heavy (non-hydrogen) atoms. The fraction of sp³-hybridized carbons (Fsp3) is 0.150. The van der Waals surface area contributed by atoms with Crippen LogP contribution in [0.15, 0.2) is 41.8 Å². The summed E-state index contributed by atoms with van der Waals surface area (Å²) in [7, 11) is 0. The van der Waals surface area contributed by atoms with E-state index < -0.39 is 22.3 Å². The van der Waals surface area contributed by atoms with Crippen molar-refractivity contribution in [3.8, 4) is 17.2 Å². The molecule has 0 saturated carbocycles. The third kappa shape index (κ3) is 5.43. The molecule has 3 rings (SSSR count). The van der Waals surface area contributed by atoms with E-state index in [2.05, 4.69) is 5.32 Å². The van der Waals surface area contributed by atoms with Gasteiger partial charge in [0.25, 0.3) is 11.6 Å². The number of non-ortho nitro benzene ring substituents is 1. The average Bonchev–Trinajstić information content (AvgIpc) is 3.15. The van der Waals surface area contributed by atoms with Crippen molar-refractivity contribution in [3.05, 3.63) is 72.6 Å². The third-order valence-electron chi connectivity index (χ3n) is 3.81. The molecule has 0 aliphatic heterocycles. The second-order valence-corrected chi connectivity index (χ2v) is 8.20. The second kappa shape index (κ2) is 9.51. The Morgan fingerprint density at radius 3 is 2.52 bits per heavy atom. The number of nitro benzene ring substituents is 1. The summed E-state index contributed by atoms with van der Waals surface area (Å²) in [5.74, 6) is -1.30. The molecule has 162 valence electrons. The minimum Gasteiger partial charge on any atom is -0.489 e. The summed E-state index contributed by atoms with van der Waals surface area (Å²) in [5, 5.41) is 15.5. The maximum atomic E-state index is 14.2. The van der Waals surface area contributed by atoms with Crippen LogP contribution in [0.1, 0.15) is 23.5 Å². The fourth-order valence-electron chi connectivity index (χ4n) is 2.50. The number of ether oxygens (including phenoxy) is 2. The van der Waals surface area contributed by atoms with Crippen LogP contribution >= 0.6 is 34.5 Å². The average molecular weight is 485 g/mol. The summed E-state index contributed by atoms with van der Waals surface area (Å²) in [4.78, 5) is 23.0. The normalized spacial score (nSPS) is 10.8. The number of hydrogen-bond donors (Lipinski definition) is 1. The van der Waals surface area contributed by atoms with Crippen LogP contribution in [-0.4, -0.2) is 16.9 Å². The Kier molecular flexibility index (Phi) is 6.99. The van der Waals surface area contributed by atoms with Crippen LogP contribution < -0.4 is 14.8 Å². The predicted molar refractivity (Wildman–Crippen MR) is 118 cm³/mol. The van der Waals surface area contributed by atoms with E-state index in [0.29, 0.717) is 10.8 Å². The number of anilines is 1. The van der Waals surface area contributed by atoms with Crippen LogP contribution in [0.5, 0.6) is 17.2 Å². The van der Waals surface area contributed by atoms with E-state index in [1.807, 2.05) is 13.8 Å². The van der Waals surface area contributed by atoms with Gasteiger partial charge in [-0.25, -0.2) is 4.39 Å². The number of hydrogen-bond acceptors (Lipinski definition) is 6. The van der Waals surface area contributed by atoms with Gasteiger partial charge in [0, 0.05) is 12.1 Å². The first-order valence-electron chi connectivity index (χ1n) is 8.82. The molecular weight excluding hydrogens is 470 g/mol. The molecule has 3 aromatic rings. The first-order chi connectivity index (χ1) is 14.7. The molecule has 0 fully saturated rings. The first-order valence-corrected chi connectivity index (χ1v) is 10.5. The molecular formula is C20H15Cl2FN2O5S. The van der Waals surface area contributed by atoms with E-state index in [4.69, 9.17) is 32.7 Å². The summed E-state index contributed by atoms with van der Waals surface area (Å²) in [6.45, 7) is 3.66. The van der Waals surface area contributed by atoms with Gasteiger partial charge in [0.1, 0.15) is 10.6 Å². The van der Waals surface area contributed by atoms with Crippen LogP contribution in [-0.2, 0) is 0 Å². The zero-order chi connectivity index (χ0) is 22.7. The molecule has 0 spiro atoms. The van der Waals surface area contributed by atoms with Gasteiger partial charge in [0.15, 0.2) is 17.3 Å². The lowest BCUT2D eigenvalue weighted by molar-refractivity contribution is -0.385. The van der Waals surface area contributed by atoms with Crippen LogP contribution in [0.2, 0.25) is 10.0 Å². The van der Waals surface area contributed by atoms with Crippen molar-refractivity contribution in [3.63, 3.8) is 0 Å². The van der Waals surface area contributed by atoms with Gasteiger partial charge < -0.3 is 14.8 Å².